The van der Waals surface area contributed by atoms with Crippen molar-refractivity contribution in [3.8, 4) is 11.4 Å². The van der Waals surface area contributed by atoms with E-state index in [0.717, 1.165) is 36.8 Å². The normalized spacial score (nSPS) is 21.1. The smallest absolute Gasteiger partial charge is 0.243 e. The van der Waals surface area contributed by atoms with Crippen molar-refractivity contribution >= 4 is 5.91 Å². The molecule has 2 N–H and O–H groups in total. The van der Waals surface area contributed by atoms with E-state index in [1.807, 2.05) is 31.2 Å². The van der Waals surface area contributed by atoms with E-state index in [-0.39, 0.29) is 24.6 Å². The number of nitrogens with zero attached hydrogens (tertiary/aromatic N) is 4. The summed E-state index contributed by atoms with van der Waals surface area (Å²) < 4.78 is 0. The van der Waals surface area contributed by atoms with Crippen LogP contribution in [0.15, 0.2) is 24.3 Å². The summed E-state index contributed by atoms with van der Waals surface area (Å²) >= 11 is 0. The second-order valence-corrected chi connectivity index (χ2v) is 6.08. The molecular formula is C16H21N5O2. The zero-order chi connectivity index (χ0) is 16.2. The number of nitrogens with one attached hydrogen (secondary N) is 1. The number of aryl methyl sites for hydroxylation is 1. The third kappa shape index (κ3) is 4.13. The van der Waals surface area contributed by atoms with Gasteiger partial charge in [0.2, 0.25) is 11.7 Å². The van der Waals surface area contributed by atoms with Crippen LogP contribution in [0.3, 0.4) is 0 Å². The van der Waals surface area contributed by atoms with Gasteiger partial charge in [0, 0.05) is 11.6 Å². The quantitative estimate of drug-likeness (QED) is 0.880. The first-order chi connectivity index (χ1) is 11.1. The van der Waals surface area contributed by atoms with Crippen molar-refractivity contribution in [3.05, 3.63) is 29.8 Å². The first kappa shape index (κ1) is 15.6. The van der Waals surface area contributed by atoms with Crippen molar-refractivity contribution in [1.29, 1.82) is 0 Å². The molecule has 1 fully saturated rings. The number of carbonyl (C=O) groups excluding carboxylic acids is 1. The fraction of sp³-hybridized carbons (Fsp3) is 0.500. The second-order valence-electron chi connectivity index (χ2n) is 6.08. The summed E-state index contributed by atoms with van der Waals surface area (Å²) in [5, 5.41) is 24.6. The summed E-state index contributed by atoms with van der Waals surface area (Å²) in [5.41, 5.74) is 2.04. The molecule has 7 nitrogen and oxygen atoms in total. The molecule has 0 spiro atoms. The van der Waals surface area contributed by atoms with Gasteiger partial charge < -0.3 is 10.4 Å². The molecule has 1 aromatic carbocycles. The van der Waals surface area contributed by atoms with E-state index in [2.05, 4.69) is 20.7 Å². The molecule has 0 radical (unpaired) electrons. The van der Waals surface area contributed by atoms with Gasteiger partial charge in [-0.05, 0) is 37.8 Å². The van der Waals surface area contributed by atoms with Crippen molar-refractivity contribution < 1.29 is 9.90 Å². The van der Waals surface area contributed by atoms with Gasteiger partial charge in [-0.1, -0.05) is 29.8 Å². The largest absolute Gasteiger partial charge is 0.393 e. The Morgan fingerprint density at radius 3 is 2.65 bits per heavy atom. The third-order valence-electron chi connectivity index (χ3n) is 4.11. The summed E-state index contributed by atoms with van der Waals surface area (Å²) in [5.74, 6) is 0.387. The minimum absolute atomic E-state index is 0.0535. The van der Waals surface area contributed by atoms with Crippen LogP contribution >= 0.6 is 0 Å². The van der Waals surface area contributed by atoms with Gasteiger partial charge in [0.15, 0.2) is 0 Å². The maximum Gasteiger partial charge on any atom is 0.243 e. The molecule has 1 heterocycles. The Bertz CT molecular complexity index is 659. The monoisotopic (exact) mass is 315 g/mol. The summed E-state index contributed by atoms with van der Waals surface area (Å²) in [7, 11) is 0. The zero-order valence-electron chi connectivity index (χ0n) is 13.1. The number of rotatable bonds is 4. The molecule has 1 saturated carbocycles. The van der Waals surface area contributed by atoms with Crippen molar-refractivity contribution in [2.24, 2.45) is 0 Å². The molecule has 0 bridgehead atoms. The molecule has 23 heavy (non-hydrogen) atoms. The van der Waals surface area contributed by atoms with Gasteiger partial charge in [-0.3, -0.25) is 4.79 Å². The lowest BCUT2D eigenvalue weighted by Gasteiger charge is -2.25. The Morgan fingerprint density at radius 2 is 1.96 bits per heavy atom. The van der Waals surface area contributed by atoms with Crippen molar-refractivity contribution in [2.45, 2.75) is 51.3 Å². The lowest BCUT2D eigenvalue weighted by molar-refractivity contribution is -0.123. The summed E-state index contributed by atoms with van der Waals surface area (Å²) in [6.07, 6.45) is 2.88. The van der Waals surface area contributed by atoms with Gasteiger partial charge in [0.25, 0.3) is 0 Å². The summed E-state index contributed by atoms with van der Waals surface area (Å²) in [6, 6.07) is 7.97. The molecule has 2 aromatic rings. The molecule has 0 saturated heterocycles. The predicted molar refractivity (Wildman–Crippen MR) is 84.4 cm³/mol. The number of aromatic nitrogens is 4. The van der Waals surface area contributed by atoms with E-state index in [4.69, 9.17) is 0 Å². The van der Waals surface area contributed by atoms with Crippen molar-refractivity contribution in [2.75, 3.05) is 0 Å². The highest BCUT2D eigenvalue weighted by atomic mass is 16.3. The fourth-order valence-corrected chi connectivity index (χ4v) is 2.75. The highest BCUT2D eigenvalue weighted by Crippen LogP contribution is 2.18. The lowest BCUT2D eigenvalue weighted by Crippen LogP contribution is -2.40. The van der Waals surface area contributed by atoms with Crippen LogP contribution in [0.1, 0.15) is 31.2 Å². The molecule has 0 atom stereocenters. The van der Waals surface area contributed by atoms with Crippen LogP contribution < -0.4 is 5.32 Å². The second kappa shape index (κ2) is 6.87. The third-order valence-corrected chi connectivity index (χ3v) is 4.11. The van der Waals surface area contributed by atoms with E-state index in [1.54, 1.807) is 0 Å². The maximum atomic E-state index is 12.1. The average Bonchev–Trinajstić information content (AvgIpc) is 2.98. The maximum absolute atomic E-state index is 12.1. The first-order valence-corrected chi connectivity index (χ1v) is 7.92. The number of aliphatic hydroxyl groups is 1. The van der Waals surface area contributed by atoms with Crippen LogP contribution in [-0.2, 0) is 11.3 Å². The van der Waals surface area contributed by atoms with E-state index in [0.29, 0.717) is 5.82 Å². The molecular weight excluding hydrogens is 294 g/mol. The Kier molecular flexibility index (Phi) is 4.66. The highest BCUT2D eigenvalue weighted by molar-refractivity contribution is 5.75. The molecule has 1 amide bonds. The van der Waals surface area contributed by atoms with E-state index in [9.17, 15) is 9.90 Å². The van der Waals surface area contributed by atoms with Crippen LogP contribution in [0, 0.1) is 6.92 Å². The summed E-state index contributed by atoms with van der Waals surface area (Å²) in [4.78, 5) is 13.4. The SMILES string of the molecule is Cc1ccc(-c2nnn(CC(=O)NC3CCC(O)CC3)n2)cc1. The molecule has 7 heteroatoms. The topological polar surface area (TPSA) is 92.9 Å². The minimum Gasteiger partial charge on any atom is -0.393 e. The zero-order valence-corrected chi connectivity index (χ0v) is 13.1. The highest BCUT2D eigenvalue weighted by Gasteiger charge is 2.21. The molecule has 0 aliphatic heterocycles. The standard InChI is InChI=1S/C16H21N5O2/c1-11-2-4-12(5-3-11)16-18-20-21(19-16)10-15(23)17-13-6-8-14(22)9-7-13/h2-5,13-14,22H,6-10H2,1H3,(H,17,23). The Balaban J connectivity index is 1.56. The number of benzene rings is 1. The molecule has 0 unspecified atom stereocenters. The van der Waals surface area contributed by atoms with Crippen molar-refractivity contribution in [1.82, 2.24) is 25.5 Å². The van der Waals surface area contributed by atoms with Crippen LogP contribution in [-0.4, -0.2) is 43.4 Å². The molecule has 1 aromatic heterocycles. The van der Waals surface area contributed by atoms with E-state index in [1.165, 1.54) is 4.80 Å². The van der Waals surface area contributed by atoms with Gasteiger partial charge in [-0.2, -0.15) is 4.80 Å². The Hall–Kier alpha value is -2.28. The molecule has 3 rings (SSSR count). The molecule has 1 aliphatic carbocycles. The van der Waals surface area contributed by atoms with Gasteiger partial charge >= 0.3 is 0 Å². The number of tetrazole rings is 1. The van der Waals surface area contributed by atoms with Gasteiger partial charge in [-0.25, -0.2) is 0 Å². The number of hydrogen-bond donors (Lipinski definition) is 2. The van der Waals surface area contributed by atoms with Gasteiger partial charge in [-0.15, -0.1) is 10.2 Å². The number of amides is 1. The Morgan fingerprint density at radius 1 is 1.26 bits per heavy atom. The van der Waals surface area contributed by atoms with Crippen LogP contribution in [0.5, 0.6) is 0 Å². The minimum atomic E-state index is -0.225. The van der Waals surface area contributed by atoms with Gasteiger partial charge in [0.05, 0.1) is 6.10 Å². The lowest BCUT2D eigenvalue weighted by atomic mass is 9.93. The number of carbonyl (C=O) groups is 1. The fourth-order valence-electron chi connectivity index (χ4n) is 2.75. The van der Waals surface area contributed by atoms with Gasteiger partial charge in [0.1, 0.15) is 6.54 Å². The van der Waals surface area contributed by atoms with Crippen molar-refractivity contribution in [3.63, 3.8) is 0 Å². The first-order valence-electron chi connectivity index (χ1n) is 7.92. The number of hydrogen-bond acceptors (Lipinski definition) is 5. The summed E-state index contributed by atoms with van der Waals surface area (Å²) in [6.45, 7) is 2.07. The Labute approximate surface area is 134 Å². The molecule has 122 valence electrons. The number of aliphatic hydroxyl groups excluding tert-OH is 1. The van der Waals surface area contributed by atoms with Crippen LogP contribution in [0.25, 0.3) is 11.4 Å². The average molecular weight is 315 g/mol. The van der Waals surface area contributed by atoms with E-state index >= 15 is 0 Å². The predicted octanol–water partition coefficient (Wildman–Crippen LogP) is 1.07. The van der Waals surface area contributed by atoms with Crippen LogP contribution in [0.2, 0.25) is 0 Å². The van der Waals surface area contributed by atoms with E-state index < -0.39 is 0 Å². The molecule has 1 aliphatic rings. The van der Waals surface area contributed by atoms with Crippen LogP contribution in [0.4, 0.5) is 0 Å².